The average molecular weight is 374 g/mol. The molecule has 0 saturated heterocycles. The van der Waals surface area contributed by atoms with Crippen molar-refractivity contribution in [3.63, 3.8) is 0 Å². The van der Waals surface area contributed by atoms with Gasteiger partial charge in [-0.05, 0) is 29.8 Å². The summed E-state index contributed by atoms with van der Waals surface area (Å²) >= 11 is 0. The highest BCUT2D eigenvalue weighted by Crippen LogP contribution is 2.22. The fourth-order valence-electron chi connectivity index (χ4n) is 2.98. The maximum absolute atomic E-state index is 12.6. The maximum Gasteiger partial charge on any atom is 0.256 e. The fourth-order valence-corrected chi connectivity index (χ4v) is 2.98. The molecule has 3 aromatic heterocycles. The van der Waals surface area contributed by atoms with Crippen LogP contribution in [0.5, 0.6) is 0 Å². The molecule has 28 heavy (non-hydrogen) atoms. The van der Waals surface area contributed by atoms with E-state index in [0.29, 0.717) is 17.9 Å². The molecule has 0 atom stereocenters. The summed E-state index contributed by atoms with van der Waals surface area (Å²) in [6.45, 7) is 4.70. The molecule has 0 bridgehead atoms. The molecule has 0 aliphatic rings. The predicted octanol–water partition coefficient (Wildman–Crippen LogP) is 3.01. The van der Waals surface area contributed by atoms with Crippen LogP contribution in [0, 0.1) is 0 Å². The largest absolute Gasteiger partial charge is 0.330 e. The lowest BCUT2D eigenvalue weighted by molar-refractivity contribution is 0.102. The highest BCUT2D eigenvalue weighted by atomic mass is 16.1. The van der Waals surface area contributed by atoms with E-state index >= 15 is 0 Å². The smallest absolute Gasteiger partial charge is 0.256 e. The molecule has 0 aliphatic heterocycles. The van der Waals surface area contributed by atoms with Crippen molar-refractivity contribution in [2.75, 3.05) is 11.9 Å². The van der Waals surface area contributed by atoms with Crippen molar-refractivity contribution in [1.29, 1.82) is 0 Å². The highest BCUT2D eigenvalue weighted by molar-refractivity contribution is 6.03. The van der Waals surface area contributed by atoms with Gasteiger partial charge in [-0.25, -0.2) is 9.97 Å². The van der Waals surface area contributed by atoms with Crippen LogP contribution in [0.25, 0.3) is 11.3 Å². The zero-order valence-electron chi connectivity index (χ0n) is 15.8. The summed E-state index contributed by atoms with van der Waals surface area (Å²) in [6, 6.07) is 11.4. The van der Waals surface area contributed by atoms with E-state index in [1.54, 1.807) is 18.7 Å². The van der Waals surface area contributed by atoms with E-state index in [0.717, 1.165) is 16.9 Å². The van der Waals surface area contributed by atoms with Crippen molar-refractivity contribution in [3.8, 4) is 5.69 Å². The number of nitrogens with two attached hydrogens (primary N) is 1. The van der Waals surface area contributed by atoms with Crippen LogP contribution >= 0.6 is 0 Å². The molecule has 0 aliphatic carbocycles. The standard InChI is InChI=1S/C21H22N6O/c1-21(2,13-22)16-5-3-15(4-6-16)20(28)25-18-12-27-11-17(7-8-19(27)24-18)26-10-9-23-14-26/h3-12,14H,13,22H2,1-2H3,(H,25,28). The maximum atomic E-state index is 12.6. The predicted molar refractivity (Wildman–Crippen MR) is 109 cm³/mol. The minimum atomic E-state index is -0.199. The van der Waals surface area contributed by atoms with Gasteiger partial charge in [0.15, 0.2) is 5.82 Å². The Bertz CT molecular complexity index is 1110. The number of carbonyl (C=O) groups excluding carboxylic acids is 1. The summed E-state index contributed by atoms with van der Waals surface area (Å²) in [5, 5.41) is 2.86. The summed E-state index contributed by atoms with van der Waals surface area (Å²) in [5.74, 6) is 0.300. The first-order valence-corrected chi connectivity index (χ1v) is 9.05. The second-order valence-corrected chi connectivity index (χ2v) is 7.37. The number of imidazole rings is 2. The Morgan fingerprint density at radius 1 is 1.14 bits per heavy atom. The minimum absolute atomic E-state index is 0.121. The van der Waals surface area contributed by atoms with Crippen LogP contribution in [0.2, 0.25) is 0 Å². The van der Waals surface area contributed by atoms with Crippen LogP contribution in [-0.4, -0.2) is 31.4 Å². The third kappa shape index (κ3) is 3.39. The zero-order chi connectivity index (χ0) is 19.7. The molecule has 142 valence electrons. The average Bonchev–Trinajstić information content (AvgIpc) is 3.37. The molecule has 1 amide bonds. The van der Waals surface area contributed by atoms with Gasteiger partial charge in [-0.1, -0.05) is 26.0 Å². The van der Waals surface area contributed by atoms with Gasteiger partial charge in [0.2, 0.25) is 0 Å². The van der Waals surface area contributed by atoms with E-state index in [2.05, 4.69) is 29.1 Å². The topological polar surface area (TPSA) is 90.2 Å². The summed E-state index contributed by atoms with van der Waals surface area (Å²) in [7, 11) is 0. The molecule has 0 saturated carbocycles. The number of fused-ring (bicyclic) bond motifs is 1. The summed E-state index contributed by atoms with van der Waals surface area (Å²) in [6.07, 6.45) is 9.05. The van der Waals surface area contributed by atoms with Crippen LogP contribution in [0.15, 0.2) is 67.5 Å². The van der Waals surface area contributed by atoms with Crippen LogP contribution in [-0.2, 0) is 5.41 Å². The van der Waals surface area contributed by atoms with Crippen molar-refractivity contribution in [2.45, 2.75) is 19.3 Å². The summed E-state index contributed by atoms with van der Waals surface area (Å²) in [4.78, 5) is 21.1. The lowest BCUT2D eigenvalue weighted by Gasteiger charge is -2.23. The van der Waals surface area contributed by atoms with Gasteiger partial charge in [0.05, 0.1) is 18.2 Å². The number of benzene rings is 1. The number of amides is 1. The first-order valence-electron chi connectivity index (χ1n) is 9.05. The molecule has 0 spiro atoms. The third-order valence-electron chi connectivity index (χ3n) is 4.92. The van der Waals surface area contributed by atoms with E-state index in [1.807, 2.05) is 57.8 Å². The zero-order valence-corrected chi connectivity index (χ0v) is 15.8. The van der Waals surface area contributed by atoms with Gasteiger partial charge in [-0.15, -0.1) is 0 Å². The highest BCUT2D eigenvalue weighted by Gasteiger charge is 2.19. The molecule has 3 N–H and O–H groups in total. The number of hydrogen-bond donors (Lipinski definition) is 2. The van der Waals surface area contributed by atoms with Crippen molar-refractivity contribution >= 4 is 17.4 Å². The first-order chi connectivity index (χ1) is 13.5. The number of rotatable bonds is 5. The van der Waals surface area contributed by atoms with Gasteiger partial charge in [-0.2, -0.15) is 0 Å². The molecule has 0 radical (unpaired) electrons. The van der Waals surface area contributed by atoms with Gasteiger partial charge in [0, 0.05) is 36.1 Å². The first kappa shape index (κ1) is 17.9. The van der Waals surface area contributed by atoms with Crippen molar-refractivity contribution < 1.29 is 4.79 Å². The number of anilines is 1. The Kier molecular flexibility index (Phi) is 4.44. The Morgan fingerprint density at radius 3 is 2.61 bits per heavy atom. The number of aromatic nitrogens is 4. The van der Waals surface area contributed by atoms with E-state index in [1.165, 1.54) is 0 Å². The van der Waals surface area contributed by atoms with Crippen molar-refractivity contribution in [3.05, 3.63) is 78.6 Å². The Morgan fingerprint density at radius 2 is 1.93 bits per heavy atom. The van der Waals surface area contributed by atoms with E-state index in [-0.39, 0.29) is 11.3 Å². The van der Waals surface area contributed by atoms with Crippen LogP contribution in [0.4, 0.5) is 5.82 Å². The van der Waals surface area contributed by atoms with E-state index in [4.69, 9.17) is 5.73 Å². The molecule has 0 fully saturated rings. The molecule has 1 aromatic carbocycles. The van der Waals surface area contributed by atoms with Crippen LogP contribution in [0.1, 0.15) is 29.8 Å². The third-order valence-corrected chi connectivity index (χ3v) is 4.92. The second-order valence-electron chi connectivity index (χ2n) is 7.37. The number of nitrogens with one attached hydrogen (secondary N) is 1. The number of carbonyl (C=O) groups is 1. The quantitative estimate of drug-likeness (QED) is 0.562. The summed E-state index contributed by atoms with van der Waals surface area (Å²) in [5.41, 5.74) is 9.09. The number of pyridine rings is 1. The van der Waals surface area contributed by atoms with Crippen LogP contribution < -0.4 is 11.1 Å². The molecule has 0 unspecified atom stereocenters. The number of nitrogens with zero attached hydrogens (tertiary/aromatic N) is 4. The van der Waals surface area contributed by atoms with Crippen LogP contribution in [0.3, 0.4) is 0 Å². The van der Waals surface area contributed by atoms with E-state index < -0.39 is 0 Å². The minimum Gasteiger partial charge on any atom is -0.330 e. The monoisotopic (exact) mass is 374 g/mol. The SMILES string of the molecule is CC(C)(CN)c1ccc(C(=O)Nc2cn3cc(-n4ccnc4)ccc3n2)cc1. The van der Waals surface area contributed by atoms with Crippen molar-refractivity contribution in [2.24, 2.45) is 5.73 Å². The molecular weight excluding hydrogens is 352 g/mol. The Hall–Kier alpha value is -3.45. The molecule has 4 rings (SSSR count). The molecule has 4 aromatic rings. The van der Waals surface area contributed by atoms with Gasteiger partial charge >= 0.3 is 0 Å². The summed E-state index contributed by atoms with van der Waals surface area (Å²) < 4.78 is 3.78. The van der Waals surface area contributed by atoms with Gasteiger partial charge < -0.3 is 20.0 Å². The van der Waals surface area contributed by atoms with E-state index in [9.17, 15) is 4.79 Å². The molecule has 3 heterocycles. The van der Waals surface area contributed by atoms with Gasteiger partial charge in [0.1, 0.15) is 5.65 Å². The molecule has 7 heteroatoms. The van der Waals surface area contributed by atoms with Gasteiger partial charge in [-0.3, -0.25) is 4.79 Å². The second kappa shape index (κ2) is 6.94. The van der Waals surface area contributed by atoms with Gasteiger partial charge in [0.25, 0.3) is 5.91 Å². The van der Waals surface area contributed by atoms with Crippen molar-refractivity contribution in [1.82, 2.24) is 18.9 Å². The Balaban J connectivity index is 1.53. The lowest BCUT2D eigenvalue weighted by Crippen LogP contribution is -2.28. The number of hydrogen-bond acceptors (Lipinski definition) is 4. The molecular formula is C21H22N6O. The normalized spacial score (nSPS) is 11.7. The fraction of sp³-hybridized carbons (Fsp3) is 0.190. The molecule has 7 nitrogen and oxygen atoms in total. The lowest BCUT2D eigenvalue weighted by atomic mass is 9.84. The Labute approximate surface area is 162 Å².